The largest absolute Gasteiger partial charge is 0.496 e. The first kappa shape index (κ1) is 20.2. The fourth-order valence-electron chi connectivity index (χ4n) is 2.59. The highest BCUT2D eigenvalue weighted by Crippen LogP contribution is 2.27. The summed E-state index contributed by atoms with van der Waals surface area (Å²) in [4.78, 5) is 24.2. The Balaban J connectivity index is 1.91. The van der Waals surface area contributed by atoms with Crippen LogP contribution in [0.5, 0.6) is 11.5 Å². The smallest absolute Gasteiger partial charge is 0.269 e. The number of hydrogen-bond donors (Lipinski definition) is 1. The van der Waals surface area contributed by atoms with Crippen LogP contribution >= 0.6 is 0 Å². The second-order valence-electron chi connectivity index (χ2n) is 6.07. The zero-order chi connectivity index (χ0) is 19.8. The molecule has 0 aliphatic carbocycles. The first-order chi connectivity index (χ1) is 12.9. The Morgan fingerprint density at radius 2 is 1.85 bits per heavy atom. The second-order valence-corrected chi connectivity index (χ2v) is 6.07. The van der Waals surface area contributed by atoms with Crippen molar-refractivity contribution in [3.8, 4) is 11.5 Å². The Hall–Kier alpha value is -3.13. The van der Waals surface area contributed by atoms with E-state index in [1.54, 1.807) is 7.11 Å². The van der Waals surface area contributed by atoms with Gasteiger partial charge in [-0.25, -0.2) is 0 Å². The monoisotopic (exact) mass is 373 g/mol. The molecular formula is C19H23N3O5. The molecule has 0 spiro atoms. The Kier molecular flexibility index (Phi) is 7.13. The normalized spacial score (nSPS) is 11.7. The summed E-state index contributed by atoms with van der Waals surface area (Å²) >= 11 is 0. The van der Waals surface area contributed by atoms with Crippen LogP contribution in [0.3, 0.4) is 0 Å². The molecule has 144 valence electrons. The zero-order valence-corrected chi connectivity index (χ0v) is 15.5. The maximum Gasteiger partial charge on any atom is 0.269 e. The van der Waals surface area contributed by atoms with Gasteiger partial charge in [-0.3, -0.25) is 14.9 Å². The minimum Gasteiger partial charge on any atom is -0.496 e. The van der Waals surface area contributed by atoms with E-state index in [0.717, 1.165) is 11.3 Å². The van der Waals surface area contributed by atoms with Crippen LogP contribution in [0.4, 0.5) is 5.69 Å². The van der Waals surface area contributed by atoms with Crippen molar-refractivity contribution in [1.29, 1.82) is 0 Å². The summed E-state index contributed by atoms with van der Waals surface area (Å²) in [5.74, 6) is 0.868. The Labute approximate surface area is 157 Å². The average molecular weight is 373 g/mol. The lowest BCUT2D eigenvalue weighted by Crippen LogP contribution is -2.37. The summed E-state index contributed by atoms with van der Waals surface area (Å²) in [5.41, 5.74) is 0.944. The molecule has 27 heavy (non-hydrogen) atoms. The predicted molar refractivity (Wildman–Crippen MR) is 101 cm³/mol. The van der Waals surface area contributed by atoms with Gasteiger partial charge in [-0.1, -0.05) is 18.2 Å². The predicted octanol–water partition coefficient (Wildman–Crippen LogP) is 2.40. The Bertz CT molecular complexity index is 777. The maximum absolute atomic E-state index is 12.1. The first-order valence-corrected chi connectivity index (χ1v) is 8.35. The number of likely N-dealkylation sites (N-methyl/N-ethyl adjacent to an activating group) is 1. The van der Waals surface area contributed by atoms with Crippen molar-refractivity contribution < 1.29 is 19.2 Å². The number of amides is 1. The zero-order valence-electron chi connectivity index (χ0n) is 15.5. The minimum atomic E-state index is -0.490. The van der Waals surface area contributed by atoms with Gasteiger partial charge in [0.25, 0.3) is 11.6 Å². The van der Waals surface area contributed by atoms with Crippen molar-refractivity contribution in [2.75, 3.05) is 34.4 Å². The van der Waals surface area contributed by atoms with Gasteiger partial charge in [0.1, 0.15) is 11.5 Å². The number of nitrogens with one attached hydrogen (secondary N) is 1. The molecule has 2 aromatic rings. The number of nitrogens with zero attached hydrogens (tertiary/aromatic N) is 2. The van der Waals surface area contributed by atoms with E-state index in [-0.39, 0.29) is 24.2 Å². The standard InChI is InChI=1S/C19H23N3O5/c1-21(2)17(16-6-4-5-7-18(16)26-3)12-20-19(23)13-27-15-10-8-14(9-11-15)22(24)25/h4-11,17H,12-13H2,1-3H3,(H,20,23). The van der Waals surface area contributed by atoms with Crippen LogP contribution in [0, 0.1) is 10.1 Å². The molecule has 0 saturated carbocycles. The van der Waals surface area contributed by atoms with E-state index in [0.29, 0.717) is 12.3 Å². The fraction of sp³-hybridized carbons (Fsp3) is 0.316. The van der Waals surface area contributed by atoms with E-state index < -0.39 is 4.92 Å². The van der Waals surface area contributed by atoms with Crippen molar-refractivity contribution >= 4 is 11.6 Å². The third-order valence-corrected chi connectivity index (χ3v) is 4.03. The molecule has 0 heterocycles. The van der Waals surface area contributed by atoms with Crippen LogP contribution in [0.25, 0.3) is 0 Å². The summed E-state index contributed by atoms with van der Waals surface area (Å²) < 4.78 is 10.8. The molecule has 0 saturated heterocycles. The van der Waals surface area contributed by atoms with Gasteiger partial charge in [0.15, 0.2) is 6.61 Å². The van der Waals surface area contributed by atoms with E-state index in [2.05, 4.69) is 5.32 Å². The lowest BCUT2D eigenvalue weighted by atomic mass is 10.0. The van der Waals surface area contributed by atoms with Crippen LogP contribution in [-0.2, 0) is 4.79 Å². The van der Waals surface area contributed by atoms with Crippen molar-refractivity contribution in [2.24, 2.45) is 0 Å². The third-order valence-electron chi connectivity index (χ3n) is 4.03. The molecule has 1 unspecified atom stereocenters. The fourth-order valence-corrected chi connectivity index (χ4v) is 2.59. The molecule has 1 N–H and O–H groups in total. The minimum absolute atomic E-state index is 0.0302. The van der Waals surface area contributed by atoms with Crippen LogP contribution in [0.1, 0.15) is 11.6 Å². The number of methoxy groups -OCH3 is 1. The van der Waals surface area contributed by atoms with Gasteiger partial charge in [-0.05, 0) is 32.3 Å². The van der Waals surface area contributed by atoms with Gasteiger partial charge >= 0.3 is 0 Å². The van der Waals surface area contributed by atoms with E-state index in [1.807, 2.05) is 43.3 Å². The molecule has 1 atom stereocenters. The van der Waals surface area contributed by atoms with Gasteiger partial charge in [-0.15, -0.1) is 0 Å². The lowest BCUT2D eigenvalue weighted by molar-refractivity contribution is -0.384. The van der Waals surface area contributed by atoms with Crippen molar-refractivity contribution in [3.05, 3.63) is 64.2 Å². The number of carbonyl (C=O) groups is 1. The third kappa shape index (κ3) is 5.68. The van der Waals surface area contributed by atoms with Gasteiger partial charge in [-0.2, -0.15) is 0 Å². The molecule has 8 heteroatoms. The van der Waals surface area contributed by atoms with E-state index in [4.69, 9.17) is 9.47 Å². The number of nitro groups is 1. The molecule has 8 nitrogen and oxygen atoms in total. The SMILES string of the molecule is COc1ccccc1C(CNC(=O)COc1ccc([N+](=O)[O-])cc1)N(C)C. The Morgan fingerprint density at radius 3 is 2.44 bits per heavy atom. The summed E-state index contributed by atoms with van der Waals surface area (Å²) in [7, 11) is 5.47. The number of rotatable bonds is 9. The molecule has 2 rings (SSSR count). The summed E-state index contributed by atoms with van der Waals surface area (Å²) in [6.07, 6.45) is 0. The number of non-ortho nitro benzene ring substituents is 1. The summed E-state index contributed by atoms with van der Waals surface area (Å²) in [5, 5.41) is 13.5. The number of ether oxygens (including phenoxy) is 2. The molecule has 0 fully saturated rings. The average Bonchev–Trinajstić information content (AvgIpc) is 2.67. The number of carbonyl (C=O) groups excluding carboxylic acids is 1. The van der Waals surface area contributed by atoms with Crippen molar-refractivity contribution in [2.45, 2.75) is 6.04 Å². The number of hydrogen-bond acceptors (Lipinski definition) is 6. The van der Waals surface area contributed by atoms with Crippen LogP contribution < -0.4 is 14.8 Å². The van der Waals surface area contributed by atoms with Crippen molar-refractivity contribution in [1.82, 2.24) is 10.2 Å². The van der Waals surface area contributed by atoms with Gasteiger partial charge in [0.05, 0.1) is 18.1 Å². The molecule has 1 amide bonds. The van der Waals surface area contributed by atoms with Crippen molar-refractivity contribution in [3.63, 3.8) is 0 Å². The van der Waals surface area contributed by atoms with Crippen LogP contribution in [0.15, 0.2) is 48.5 Å². The molecule has 0 aliphatic rings. The van der Waals surface area contributed by atoms with E-state index >= 15 is 0 Å². The topological polar surface area (TPSA) is 93.9 Å². The molecule has 0 aromatic heterocycles. The highest BCUT2D eigenvalue weighted by atomic mass is 16.6. The van der Waals surface area contributed by atoms with Crippen LogP contribution in [0.2, 0.25) is 0 Å². The molecule has 0 radical (unpaired) electrons. The number of benzene rings is 2. The second kappa shape index (κ2) is 9.54. The lowest BCUT2D eigenvalue weighted by Gasteiger charge is -2.26. The Morgan fingerprint density at radius 1 is 1.19 bits per heavy atom. The van der Waals surface area contributed by atoms with Gasteiger partial charge in [0, 0.05) is 24.2 Å². The molecule has 0 aliphatic heterocycles. The number of nitro benzene ring substituents is 1. The van der Waals surface area contributed by atoms with Gasteiger partial charge in [0.2, 0.25) is 0 Å². The highest BCUT2D eigenvalue weighted by Gasteiger charge is 2.19. The molecule has 2 aromatic carbocycles. The molecule has 0 bridgehead atoms. The maximum atomic E-state index is 12.1. The first-order valence-electron chi connectivity index (χ1n) is 8.35. The molecular weight excluding hydrogens is 350 g/mol. The quantitative estimate of drug-likeness (QED) is 0.536. The van der Waals surface area contributed by atoms with Gasteiger partial charge < -0.3 is 19.7 Å². The van der Waals surface area contributed by atoms with E-state index in [1.165, 1.54) is 24.3 Å². The summed E-state index contributed by atoms with van der Waals surface area (Å²) in [6.45, 7) is 0.208. The van der Waals surface area contributed by atoms with Crippen LogP contribution in [-0.4, -0.2) is 50.1 Å². The summed E-state index contributed by atoms with van der Waals surface area (Å²) in [6, 6.07) is 13.2. The highest BCUT2D eigenvalue weighted by molar-refractivity contribution is 5.77. The van der Waals surface area contributed by atoms with E-state index in [9.17, 15) is 14.9 Å². The number of para-hydroxylation sites is 1.